The number of para-hydroxylation sites is 2. The second kappa shape index (κ2) is 6.37. The Morgan fingerprint density at radius 1 is 1.17 bits per heavy atom. The van der Waals surface area contributed by atoms with Crippen molar-refractivity contribution in [1.82, 2.24) is 25.4 Å². The molecule has 0 aliphatic heterocycles. The Morgan fingerprint density at radius 3 is 2.67 bits per heavy atom. The number of benzene rings is 1. The van der Waals surface area contributed by atoms with Gasteiger partial charge in [-0.2, -0.15) is 0 Å². The maximum atomic E-state index is 12.0. The summed E-state index contributed by atoms with van der Waals surface area (Å²) in [5, 5.41) is 0. The first-order valence-electron chi connectivity index (χ1n) is 7.23. The number of nitrogens with one attached hydrogen (secondary N) is 3. The van der Waals surface area contributed by atoms with Crippen molar-refractivity contribution in [3.8, 4) is 0 Å². The van der Waals surface area contributed by atoms with Crippen LogP contribution in [0.25, 0.3) is 11.0 Å². The minimum absolute atomic E-state index is 0.0249. The van der Waals surface area contributed by atoms with Gasteiger partial charge in [-0.05, 0) is 18.2 Å². The minimum Gasteiger partial charge on any atom is -0.331 e. The average molecular weight is 325 g/mol. The fraction of sp³-hybridized carbons (Fsp3) is 0.125. The predicted molar refractivity (Wildman–Crippen MR) is 87.1 cm³/mol. The summed E-state index contributed by atoms with van der Waals surface area (Å²) < 4.78 is 1.83. The van der Waals surface area contributed by atoms with Gasteiger partial charge in [0, 0.05) is 19.3 Å². The molecule has 0 spiro atoms. The molecule has 2 aromatic heterocycles. The van der Waals surface area contributed by atoms with Crippen molar-refractivity contribution in [3.05, 3.63) is 64.3 Å². The number of aromatic amines is 1. The summed E-state index contributed by atoms with van der Waals surface area (Å²) >= 11 is 0. The van der Waals surface area contributed by atoms with Crippen molar-refractivity contribution in [1.29, 1.82) is 0 Å². The molecule has 0 saturated heterocycles. The number of nitrogens with zero attached hydrogens (tertiary/aromatic N) is 2. The monoisotopic (exact) mass is 325 g/mol. The van der Waals surface area contributed by atoms with Crippen LogP contribution < -0.4 is 16.4 Å². The van der Waals surface area contributed by atoms with Crippen LogP contribution in [-0.4, -0.2) is 26.3 Å². The zero-order chi connectivity index (χ0) is 17.1. The van der Waals surface area contributed by atoms with Crippen LogP contribution in [0.2, 0.25) is 0 Å². The number of hydrogen-bond donors (Lipinski definition) is 3. The number of carbonyl (C=O) groups excluding carboxylic acids is 2. The van der Waals surface area contributed by atoms with Crippen LogP contribution in [0.3, 0.4) is 0 Å². The number of imidazole rings is 1. The van der Waals surface area contributed by atoms with Crippen LogP contribution in [-0.2, 0) is 18.3 Å². The molecule has 0 atom stereocenters. The number of rotatable bonds is 3. The van der Waals surface area contributed by atoms with E-state index in [-0.39, 0.29) is 17.5 Å². The highest BCUT2D eigenvalue weighted by atomic mass is 16.2. The lowest BCUT2D eigenvalue weighted by molar-refractivity contribution is -0.121. The molecule has 0 fully saturated rings. The van der Waals surface area contributed by atoms with Crippen LogP contribution >= 0.6 is 0 Å². The van der Waals surface area contributed by atoms with Gasteiger partial charge in [0.1, 0.15) is 5.82 Å². The van der Waals surface area contributed by atoms with Crippen LogP contribution in [0.1, 0.15) is 16.2 Å². The summed E-state index contributed by atoms with van der Waals surface area (Å²) in [7, 11) is 1.83. The molecule has 8 heteroatoms. The number of carbonyl (C=O) groups is 2. The molecule has 3 aromatic rings. The summed E-state index contributed by atoms with van der Waals surface area (Å²) in [5.74, 6) is -0.331. The highest BCUT2D eigenvalue weighted by molar-refractivity contribution is 5.95. The molecular formula is C16H15N5O3. The van der Waals surface area contributed by atoms with Gasteiger partial charge in [-0.25, -0.2) is 4.98 Å². The van der Waals surface area contributed by atoms with Gasteiger partial charge in [-0.3, -0.25) is 25.2 Å². The molecule has 24 heavy (non-hydrogen) atoms. The van der Waals surface area contributed by atoms with Crippen LogP contribution in [0.15, 0.2) is 47.4 Å². The third-order valence-corrected chi connectivity index (χ3v) is 3.56. The Balaban J connectivity index is 1.62. The van der Waals surface area contributed by atoms with E-state index in [4.69, 9.17) is 0 Å². The molecule has 122 valence electrons. The van der Waals surface area contributed by atoms with E-state index in [1.54, 1.807) is 0 Å². The molecule has 1 aromatic carbocycles. The molecule has 0 saturated carbocycles. The summed E-state index contributed by atoms with van der Waals surface area (Å²) in [6.07, 6.45) is 1.30. The summed E-state index contributed by atoms with van der Waals surface area (Å²) in [6, 6.07) is 10.2. The van der Waals surface area contributed by atoms with Gasteiger partial charge in [-0.1, -0.05) is 12.1 Å². The minimum atomic E-state index is -0.524. The van der Waals surface area contributed by atoms with Crippen LogP contribution in [0, 0.1) is 0 Å². The zero-order valence-electron chi connectivity index (χ0n) is 12.9. The molecule has 3 rings (SSSR count). The number of amides is 2. The van der Waals surface area contributed by atoms with Gasteiger partial charge in [0.15, 0.2) is 0 Å². The third-order valence-electron chi connectivity index (χ3n) is 3.56. The summed E-state index contributed by atoms with van der Waals surface area (Å²) in [5.41, 5.74) is 6.29. The molecule has 0 aliphatic rings. The number of fused-ring (bicyclic) bond motifs is 1. The SMILES string of the molecule is Cn1c(CC(=O)NNC(=O)c2ccc(=O)[nH]c2)nc2ccccc21. The number of H-pyrrole nitrogens is 1. The molecule has 0 unspecified atom stereocenters. The van der Waals surface area contributed by atoms with Gasteiger partial charge in [0.2, 0.25) is 11.5 Å². The lowest BCUT2D eigenvalue weighted by Gasteiger charge is -2.07. The lowest BCUT2D eigenvalue weighted by Crippen LogP contribution is -2.42. The van der Waals surface area contributed by atoms with E-state index in [0.717, 1.165) is 11.0 Å². The average Bonchev–Trinajstić information content (AvgIpc) is 2.89. The maximum Gasteiger partial charge on any atom is 0.271 e. The number of hydrogen-bond acceptors (Lipinski definition) is 4. The summed E-state index contributed by atoms with van der Waals surface area (Å²) in [4.78, 5) is 41.6. The third kappa shape index (κ3) is 3.17. The Bertz CT molecular complexity index is 953. The zero-order valence-corrected chi connectivity index (χ0v) is 12.9. The van der Waals surface area contributed by atoms with Crippen molar-refractivity contribution < 1.29 is 9.59 Å². The standard InChI is InChI=1S/C16H15N5O3/c1-21-12-5-3-2-4-11(12)18-13(21)8-15(23)19-20-16(24)10-6-7-14(22)17-9-10/h2-7,9H,8H2,1H3,(H,17,22)(H,19,23)(H,20,24). The molecule has 0 radical (unpaired) electrons. The lowest BCUT2D eigenvalue weighted by atomic mass is 10.3. The largest absolute Gasteiger partial charge is 0.331 e. The predicted octanol–water partition coefficient (Wildman–Crippen LogP) is 0.265. The van der Waals surface area contributed by atoms with Crippen molar-refractivity contribution in [2.24, 2.45) is 7.05 Å². The Morgan fingerprint density at radius 2 is 1.96 bits per heavy atom. The fourth-order valence-electron chi connectivity index (χ4n) is 2.29. The molecule has 0 aliphatic carbocycles. The van der Waals surface area contributed by atoms with E-state index in [9.17, 15) is 14.4 Å². The first kappa shape index (κ1) is 15.5. The smallest absolute Gasteiger partial charge is 0.271 e. The second-order valence-electron chi connectivity index (χ2n) is 5.20. The quantitative estimate of drug-likeness (QED) is 0.600. The Labute approximate surface area is 136 Å². The fourth-order valence-corrected chi connectivity index (χ4v) is 2.29. The van der Waals surface area contributed by atoms with Crippen molar-refractivity contribution in [2.75, 3.05) is 0 Å². The van der Waals surface area contributed by atoms with E-state index < -0.39 is 11.8 Å². The topological polar surface area (TPSA) is 109 Å². The first-order chi connectivity index (χ1) is 11.5. The number of aryl methyl sites for hydroxylation is 1. The van der Waals surface area contributed by atoms with E-state index in [0.29, 0.717) is 5.82 Å². The molecular weight excluding hydrogens is 310 g/mol. The molecule has 2 heterocycles. The Kier molecular flexibility index (Phi) is 4.11. The molecule has 3 N–H and O–H groups in total. The molecule has 0 bridgehead atoms. The molecule has 8 nitrogen and oxygen atoms in total. The van der Waals surface area contributed by atoms with E-state index in [2.05, 4.69) is 20.8 Å². The van der Waals surface area contributed by atoms with Crippen molar-refractivity contribution in [2.45, 2.75) is 6.42 Å². The normalized spacial score (nSPS) is 10.5. The second-order valence-corrected chi connectivity index (χ2v) is 5.20. The number of hydrazine groups is 1. The number of pyridine rings is 1. The summed E-state index contributed by atoms with van der Waals surface area (Å²) in [6.45, 7) is 0. The van der Waals surface area contributed by atoms with Crippen molar-refractivity contribution in [3.63, 3.8) is 0 Å². The van der Waals surface area contributed by atoms with Gasteiger partial charge in [0.05, 0.1) is 23.0 Å². The Hall–Kier alpha value is -3.42. The van der Waals surface area contributed by atoms with E-state index >= 15 is 0 Å². The van der Waals surface area contributed by atoms with Crippen LogP contribution in [0.4, 0.5) is 0 Å². The molecule has 2 amide bonds. The first-order valence-corrected chi connectivity index (χ1v) is 7.23. The van der Waals surface area contributed by atoms with E-state index in [1.807, 2.05) is 35.9 Å². The van der Waals surface area contributed by atoms with Gasteiger partial charge in [-0.15, -0.1) is 0 Å². The number of aromatic nitrogens is 3. The van der Waals surface area contributed by atoms with Gasteiger partial charge in [0.25, 0.3) is 5.91 Å². The van der Waals surface area contributed by atoms with Gasteiger partial charge < -0.3 is 9.55 Å². The van der Waals surface area contributed by atoms with Crippen molar-refractivity contribution >= 4 is 22.8 Å². The highest BCUT2D eigenvalue weighted by Crippen LogP contribution is 2.14. The maximum absolute atomic E-state index is 12.0. The van der Waals surface area contributed by atoms with Gasteiger partial charge >= 0.3 is 0 Å². The highest BCUT2D eigenvalue weighted by Gasteiger charge is 2.12. The van der Waals surface area contributed by atoms with E-state index in [1.165, 1.54) is 18.3 Å². The van der Waals surface area contributed by atoms with Crippen LogP contribution in [0.5, 0.6) is 0 Å².